The van der Waals surface area contributed by atoms with E-state index in [1.807, 2.05) is 41.8 Å². The normalized spacial score (nSPS) is 17.0. The van der Waals surface area contributed by atoms with Crippen molar-refractivity contribution in [2.75, 3.05) is 5.32 Å². The fourth-order valence-electron chi connectivity index (χ4n) is 2.21. The molecule has 104 valence electrons. The molecule has 7 heteroatoms. The number of aromatic nitrogens is 1. The largest absolute Gasteiger partial charge is 0.340 e. The number of thiophene rings is 1. The van der Waals surface area contributed by atoms with Crippen LogP contribution in [0.15, 0.2) is 57.1 Å². The Morgan fingerprint density at radius 2 is 2.19 bits per heavy atom. The van der Waals surface area contributed by atoms with Crippen molar-refractivity contribution in [2.24, 2.45) is 15.3 Å². The van der Waals surface area contributed by atoms with Gasteiger partial charge in [0.05, 0.1) is 6.21 Å². The number of H-pyrrole nitrogens is 1. The summed E-state index contributed by atoms with van der Waals surface area (Å²) in [5.41, 5.74) is 4.81. The zero-order valence-corrected chi connectivity index (χ0v) is 11.8. The first-order valence-corrected chi connectivity index (χ1v) is 7.38. The SMILES string of the molecule is C(=N\NC1N=Nc2c([nH]c3ccccc23)N1)/c1cccs1. The van der Waals surface area contributed by atoms with Crippen LogP contribution in [0.1, 0.15) is 4.88 Å². The maximum Gasteiger partial charge on any atom is 0.229 e. The molecule has 1 aliphatic rings. The minimum absolute atomic E-state index is 0.373. The molecule has 1 aromatic carbocycles. The molecule has 1 unspecified atom stereocenters. The molecule has 0 fully saturated rings. The summed E-state index contributed by atoms with van der Waals surface area (Å²) in [6.07, 6.45) is 1.39. The van der Waals surface area contributed by atoms with E-state index in [0.717, 1.165) is 27.3 Å². The molecule has 0 aliphatic carbocycles. The number of nitrogens with zero attached hydrogens (tertiary/aromatic N) is 3. The van der Waals surface area contributed by atoms with Crippen LogP contribution in [-0.4, -0.2) is 17.5 Å². The highest BCUT2D eigenvalue weighted by Gasteiger charge is 2.18. The average molecular weight is 296 g/mol. The summed E-state index contributed by atoms with van der Waals surface area (Å²) < 4.78 is 0. The predicted octanol–water partition coefficient (Wildman–Crippen LogP) is 3.65. The van der Waals surface area contributed by atoms with Gasteiger partial charge < -0.3 is 10.3 Å². The monoisotopic (exact) mass is 296 g/mol. The number of para-hydroxylation sites is 1. The lowest BCUT2D eigenvalue weighted by atomic mass is 10.2. The van der Waals surface area contributed by atoms with Crippen LogP contribution in [0.4, 0.5) is 11.5 Å². The van der Waals surface area contributed by atoms with Crippen LogP contribution >= 0.6 is 11.3 Å². The minimum Gasteiger partial charge on any atom is -0.340 e. The third-order valence-corrected chi connectivity index (χ3v) is 3.97. The van der Waals surface area contributed by atoms with E-state index in [4.69, 9.17) is 0 Å². The number of fused-ring (bicyclic) bond motifs is 3. The molecule has 0 spiro atoms. The lowest BCUT2D eigenvalue weighted by Gasteiger charge is -2.16. The Bertz CT molecular complexity index is 817. The highest BCUT2D eigenvalue weighted by molar-refractivity contribution is 7.11. The van der Waals surface area contributed by atoms with E-state index in [2.05, 4.69) is 31.1 Å². The molecule has 4 rings (SSSR count). The highest BCUT2D eigenvalue weighted by atomic mass is 32.1. The van der Waals surface area contributed by atoms with Gasteiger partial charge in [0.15, 0.2) is 0 Å². The Kier molecular flexibility index (Phi) is 2.89. The summed E-state index contributed by atoms with van der Waals surface area (Å²) in [5, 5.41) is 18.9. The van der Waals surface area contributed by atoms with Crippen molar-refractivity contribution < 1.29 is 0 Å². The molecule has 1 atom stereocenters. The van der Waals surface area contributed by atoms with Crippen LogP contribution in [0.25, 0.3) is 10.9 Å². The Morgan fingerprint density at radius 3 is 3.10 bits per heavy atom. The van der Waals surface area contributed by atoms with Crippen molar-refractivity contribution in [1.29, 1.82) is 0 Å². The maximum absolute atomic E-state index is 4.28. The van der Waals surface area contributed by atoms with Gasteiger partial charge in [-0.25, -0.2) is 0 Å². The fourth-order valence-corrected chi connectivity index (χ4v) is 2.80. The Labute approximate surface area is 124 Å². The van der Waals surface area contributed by atoms with E-state index < -0.39 is 0 Å². The average Bonchev–Trinajstić information content (AvgIpc) is 3.13. The third kappa shape index (κ3) is 2.27. The smallest absolute Gasteiger partial charge is 0.229 e. The van der Waals surface area contributed by atoms with E-state index in [0.29, 0.717) is 0 Å². The number of azo groups is 1. The third-order valence-electron chi connectivity index (χ3n) is 3.16. The summed E-state index contributed by atoms with van der Waals surface area (Å²) in [6.45, 7) is 0. The molecule has 3 aromatic rings. The van der Waals surface area contributed by atoms with Crippen LogP contribution in [0.2, 0.25) is 0 Å². The first kappa shape index (κ1) is 12.1. The van der Waals surface area contributed by atoms with Gasteiger partial charge >= 0.3 is 0 Å². The molecule has 0 saturated heterocycles. The van der Waals surface area contributed by atoms with Crippen molar-refractivity contribution in [3.05, 3.63) is 46.7 Å². The van der Waals surface area contributed by atoms with Crippen LogP contribution in [0.3, 0.4) is 0 Å². The second-order valence-electron chi connectivity index (χ2n) is 4.56. The second-order valence-corrected chi connectivity index (χ2v) is 5.54. The fraction of sp³-hybridized carbons (Fsp3) is 0.0714. The number of nitrogens with one attached hydrogen (secondary N) is 3. The van der Waals surface area contributed by atoms with Gasteiger partial charge in [-0.3, -0.25) is 5.43 Å². The van der Waals surface area contributed by atoms with E-state index in [-0.39, 0.29) is 6.29 Å². The Morgan fingerprint density at radius 1 is 1.24 bits per heavy atom. The molecule has 0 saturated carbocycles. The summed E-state index contributed by atoms with van der Waals surface area (Å²) in [5.74, 6) is 0.857. The maximum atomic E-state index is 4.28. The quantitative estimate of drug-likeness (QED) is 0.509. The zero-order valence-electron chi connectivity index (χ0n) is 10.9. The van der Waals surface area contributed by atoms with Crippen molar-refractivity contribution in [3.8, 4) is 0 Å². The number of anilines is 1. The van der Waals surface area contributed by atoms with Crippen LogP contribution in [0.5, 0.6) is 0 Å². The number of aromatic amines is 1. The van der Waals surface area contributed by atoms with Gasteiger partial charge in [0, 0.05) is 15.8 Å². The number of hydrogen-bond donors (Lipinski definition) is 3. The first-order valence-electron chi connectivity index (χ1n) is 6.50. The standard InChI is InChI=1S/C14H12N6S/c1-2-6-11-10(5-1)12-13(16-11)17-14(20-18-12)19-15-8-9-4-3-7-21-9/h1-8,14,16-17,19H/b15-8+. The van der Waals surface area contributed by atoms with Crippen molar-refractivity contribution in [3.63, 3.8) is 0 Å². The van der Waals surface area contributed by atoms with Crippen LogP contribution in [0, 0.1) is 0 Å². The Hall–Kier alpha value is -2.67. The molecule has 3 heterocycles. The second kappa shape index (κ2) is 5.02. The van der Waals surface area contributed by atoms with Gasteiger partial charge in [-0.1, -0.05) is 24.3 Å². The van der Waals surface area contributed by atoms with E-state index in [1.54, 1.807) is 17.6 Å². The number of benzene rings is 1. The molecule has 2 aromatic heterocycles. The molecule has 21 heavy (non-hydrogen) atoms. The van der Waals surface area contributed by atoms with Crippen molar-refractivity contribution >= 4 is 40.0 Å². The lowest BCUT2D eigenvalue weighted by Crippen LogP contribution is -2.31. The van der Waals surface area contributed by atoms with E-state index in [1.165, 1.54) is 0 Å². The van der Waals surface area contributed by atoms with Gasteiger partial charge in [0.2, 0.25) is 6.29 Å². The molecule has 3 N–H and O–H groups in total. The first-order chi connectivity index (χ1) is 10.4. The summed E-state index contributed by atoms with van der Waals surface area (Å²) >= 11 is 1.63. The topological polar surface area (TPSA) is 76.9 Å². The summed E-state index contributed by atoms with van der Waals surface area (Å²) in [6, 6.07) is 12.0. The van der Waals surface area contributed by atoms with E-state index in [9.17, 15) is 0 Å². The van der Waals surface area contributed by atoms with E-state index >= 15 is 0 Å². The number of rotatable bonds is 3. The molecule has 6 nitrogen and oxygen atoms in total. The predicted molar refractivity (Wildman–Crippen MR) is 85.3 cm³/mol. The summed E-state index contributed by atoms with van der Waals surface area (Å²) in [4.78, 5) is 4.38. The van der Waals surface area contributed by atoms with Gasteiger partial charge in [0.25, 0.3) is 0 Å². The van der Waals surface area contributed by atoms with Gasteiger partial charge in [-0.15, -0.1) is 21.6 Å². The Balaban J connectivity index is 1.52. The minimum atomic E-state index is -0.373. The lowest BCUT2D eigenvalue weighted by molar-refractivity contribution is 0.579. The highest BCUT2D eigenvalue weighted by Crippen LogP contribution is 2.36. The van der Waals surface area contributed by atoms with Gasteiger partial charge in [-0.05, 0) is 17.5 Å². The number of hydrazone groups is 1. The van der Waals surface area contributed by atoms with Crippen LogP contribution < -0.4 is 10.7 Å². The van der Waals surface area contributed by atoms with Crippen molar-refractivity contribution in [2.45, 2.75) is 6.29 Å². The van der Waals surface area contributed by atoms with Gasteiger partial charge in [-0.2, -0.15) is 5.10 Å². The number of hydrogen-bond acceptors (Lipinski definition) is 6. The van der Waals surface area contributed by atoms with Gasteiger partial charge in [0.1, 0.15) is 11.5 Å². The molecule has 0 amide bonds. The molecular weight excluding hydrogens is 284 g/mol. The molecule has 0 radical (unpaired) electrons. The molecule has 1 aliphatic heterocycles. The molecule has 0 bridgehead atoms. The summed E-state index contributed by atoms with van der Waals surface area (Å²) in [7, 11) is 0. The molecular formula is C14H12N6S. The van der Waals surface area contributed by atoms with Crippen molar-refractivity contribution in [1.82, 2.24) is 10.4 Å². The van der Waals surface area contributed by atoms with Crippen LogP contribution in [-0.2, 0) is 0 Å². The zero-order chi connectivity index (χ0) is 14.1.